The molecular weight excluding hydrogens is 280 g/mol. The number of aliphatic hydroxyl groups is 1. The van der Waals surface area contributed by atoms with Crippen LogP contribution in [0.4, 0.5) is 8.78 Å². The van der Waals surface area contributed by atoms with Crippen LogP contribution in [0.25, 0.3) is 0 Å². The van der Waals surface area contributed by atoms with Crippen molar-refractivity contribution in [2.75, 3.05) is 6.54 Å². The number of hydrogen-bond acceptors (Lipinski definition) is 3. The first-order chi connectivity index (χ1) is 10.0. The molecule has 1 unspecified atom stereocenters. The monoisotopic (exact) mass is 291 g/mol. The number of hydrogen-bond donors (Lipinski definition) is 3. The van der Waals surface area contributed by atoms with Crippen LogP contribution >= 0.6 is 0 Å². The summed E-state index contributed by atoms with van der Waals surface area (Å²) in [6.45, 7) is -0.357. The molecule has 0 radical (unpaired) electrons. The number of carbonyl (C=O) groups excluding carboxylic acids is 1. The van der Waals surface area contributed by atoms with Crippen LogP contribution in [-0.2, 0) is 0 Å². The van der Waals surface area contributed by atoms with Crippen molar-refractivity contribution in [2.24, 2.45) is 0 Å². The summed E-state index contributed by atoms with van der Waals surface area (Å²) in [5, 5.41) is 20.7. The van der Waals surface area contributed by atoms with Gasteiger partial charge < -0.3 is 15.4 Å². The molecule has 0 aliphatic heterocycles. The fraction of sp³-hybridized carbons (Fsp3) is 0.143. The van der Waals surface area contributed by atoms with E-state index in [0.717, 1.165) is 12.1 Å². The molecule has 0 saturated heterocycles. The normalized spacial score (nSPS) is 11.7. The Morgan fingerprint density at radius 3 is 2.67 bits per heavy atom. The van der Waals surface area contributed by atoms with E-state index in [-0.39, 0.29) is 17.8 Å². The van der Waals surface area contributed by atoms with E-state index >= 15 is 0 Å². The quantitative estimate of drug-likeness (QED) is 0.799. The van der Waals surface area contributed by atoms with Crippen molar-refractivity contribution in [1.29, 1.82) is 5.26 Å². The number of nitrogens with one attached hydrogen (secondary N) is 2. The van der Waals surface area contributed by atoms with Crippen LogP contribution in [0, 0.1) is 23.0 Å². The minimum Gasteiger partial charge on any atom is -0.386 e. The van der Waals surface area contributed by atoms with Gasteiger partial charge in [-0.2, -0.15) is 5.26 Å². The molecule has 1 amide bonds. The summed E-state index contributed by atoms with van der Waals surface area (Å²) in [4.78, 5) is 14.3. The molecule has 1 atom stereocenters. The number of nitriles is 1. The van der Waals surface area contributed by atoms with Crippen molar-refractivity contribution in [3.05, 3.63) is 58.9 Å². The first-order valence-corrected chi connectivity index (χ1v) is 6.01. The molecule has 1 aromatic heterocycles. The second kappa shape index (κ2) is 6.15. The van der Waals surface area contributed by atoms with Crippen LogP contribution in [0.5, 0.6) is 0 Å². The summed E-state index contributed by atoms with van der Waals surface area (Å²) < 4.78 is 26.9. The van der Waals surface area contributed by atoms with Crippen LogP contribution in [0.2, 0.25) is 0 Å². The lowest BCUT2D eigenvalue weighted by molar-refractivity contribution is 0.0911. The van der Waals surface area contributed by atoms with E-state index in [9.17, 15) is 18.7 Å². The fourth-order valence-corrected chi connectivity index (χ4v) is 1.81. The zero-order valence-electron chi connectivity index (χ0n) is 10.7. The first-order valence-electron chi connectivity index (χ1n) is 6.01. The minimum atomic E-state index is -1.51. The highest BCUT2D eigenvalue weighted by molar-refractivity contribution is 5.94. The second-order valence-electron chi connectivity index (χ2n) is 4.27. The van der Waals surface area contributed by atoms with Crippen LogP contribution in [0.15, 0.2) is 30.5 Å². The highest BCUT2D eigenvalue weighted by Crippen LogP contribution is 2.20. The average molecular weight is 291 g/mol. The smallest absolute Gasteiger partial charge is 0.252 e. The predicted octanol–water partition coefficient (Wildman–Crippen LogP) is 1.63. The lowest BCUT2D eigenvalue weighted by atomic mass is 10.1. The molecule has 7 heteroatoms. The van der Waals surface area contributed by atoms with E-state index in [2.05, 4.69) is 10.3 Å². The number of nitrogens with zero attached hydrogens (tertiary/aromatic N) is 1. The van der Waals surface area contributed by atoms with E-state index < -0.39 is 29.2 Å². The number of aliphatic hydroxyl groups excluding tert-OH is 1. The molecule has 3 N–H and O–H groups in total. The number of aromatic nitrogens is 1. The van der Waals surface area contributed by atoms with Gasteiger partial charge in [0.1, 0.15) is 29.5 Å². The molecule has 21 heavy (non-hydrogen) atoms. The van der Waals surface area contributed by atoms with Gasteiger partial charge in [-0.15, -0.1) is 0 Å². The van der Waals surface area contributed by atoms with E-state index in [1.165, 1.54) is 18.3 Å². The van der Waals surface area contributed by atoms with Gasteiger partial charge in [0.15, 0.2) is 0 Å². The summed E-state index contributed by atoms with van der Waals surface area (Å²) in [6.07, 6.45) is -0.186. The second-order valence-corrected chi connectivity index (χ2v) is 4.27. The van der Waals surface area contributed by atoms with Gasteiger partial charge >= 0.3 is 0 Å². The number of halogens is 2. The number of rotatable bonds is 4. The molecule has 0 bridgehead atoms. The van der Waals surface area contributed by atoms with Gasteiger partial charge in [-0.25, -0.2) is 8.78 Å². The molecule has 0 aliphatic carbocycles. The van der Waals surface area contributed by atoms with E-state index in [1.807, 2.05) is 6.07 Å². The number of carbonyl (C=O) groups is 1. The van der Waals surface area contributed by atoms with Gasteiger partial charge in [0.2, 0.25) is 0 Å². The molecule has 0 aliphatic rings. The number of benzene rings is 1. The van der Waals surface area contributed by atoms with Crippen LogP contribution in [0.3, 0.4) is 0 Å². The van der Waals surface area contributed by atoms with Gasteiger partial charge in [0.05, 0.1) is 11.1 Å². The highest BCUT2D eigenvalue weighted by Gasteiger charge is 2.19. The zero-order valence-corrected chi connectivity index (χ0v) is 10.7. The molecule has 5 nitrogen and oxygen atoms in total. The topological polar surface area (TPSA) is 88.9 Å². The number of amides is 1. The zero-order chi connectivity index (χ0) is 15.4. The first kappa shape index (κ1) is 14.7. The van der Waals surface area contributed by atoms with Crippen LogP contribution in [0.1, 0.15) is 27.7 Å². The maximum atomic E-state index is 13.4. The Morgan fingerprint density at radius 1 is 1.43 bits per heavy atom. The SMILES string of the molecule is N#Cc1cc(C(=O)NCC(O)c2c(F)cccc2F)c[nH]1. The van der Waals surface area contributed by atoms with Gasteiger partial charge in [-0.3, -0.25) is 4.79 Å². The summed E-state index contributed by atoms with van der Waals surface area (Å²) >= 11 is 0. The number of H-pyrrole nitrogens is 1. The van der Waals surface area contributed by atoms with Gasteiger partial charge in [-0.1, -0.05) is 6.07 Å². The summed E-state index contributed by atoms with van der Waals surface area (Å²) in [6, 6.07) is 6.38. The Labute approximate surface area is 118 Å². The Kier molecular flexibility index (Phi) is 4.30. The molecule has 0 fully saturated rings. The predicted molar refractivity (Wildman–Crippen MR) is 69.2 cm³/mol. The summed E-state index contributed by atoms with van der Waals surface area (Å²) in [5.41, 5.74) is -0.0989. The largest absolute Gasteiger partial charge is 0.386 e. The lowest BCUT2D eigenvalue weighted by Crippen LogP contribution is -2.28. The van der Waals surface area contributed by atoms with Crippen molar-refractivity contribution in [3.8, 4) is 6.07 Å². The van der Waals surface area contributed by atoms with Gasteiger partial charge in [-0.05, 0) is 18.2 Å². The van der Waals surface area contributed by atoms with E-state index in [1.54, 1.807) is 0 Å². The van der Waals surface area contributed by atoms with Crippen molar-refractivity contribution in [1.82, 2.24) is 10.3 Å². The summed E-state index contributed by atoms with van der Waals surface area (Å²) in [7, 11) is 0. The Hall–Kier alpha value is -2.72. The van der Waals surface area contributed by atoms with Gasteiger partial charge in [0.25, 0.3) is 5.91 Å². The summed E-state index contributed by atoms with van der Waals surface area (Å²) in [5.74, 6) is -2.33. The minimum absolute atomic E-state index is 0.188. The molecule has 1 aromatic carbocycles. The highest BCUT2D eigenvalue weighted by atomic mass is 19.1. The molecule has 0 spiro atoms. The van der Waals surface area contributed by atoms with E-state index in [4.69, 9.17) is 5.26 Å². The number of aromatic amines is 1. The van der Waals surface area contributed by atoms with Crippen molar-refractivity contribution < 1.29 is 18.7 Å². The van der Waals surface area contributed by atoms with Crippen LogP contribution < -0.4 is 5.32 Å². The average Bonchev–Trinajstić information content (AvgIpc) is 2.93. The Bertz CT molecular complexity index is 686. The fourth-order valence-electron chi connectivity index (χ4n) is 1.81. The lowest BCUT2D eigenvalue weighted by Gasteiger charge is -2.13. The van der Waals surface area contributed by atoms with Crippen molar-refractivity contribution >= 4 is 5.91 Å². The standard InChI is InChI=1S/C14H11F2N3O2/c15-10-2-1-3-11(16)13(10)12(20)7-19-14(21)8-4-9(5-17)18-6-8/h1-4,6,12,18,20H,7H2,(H,19,21). The molecule has 2 aromatic rings. The van der Waals surface area contributed by atoms with Gasteiger partial charge in [0, 0.05) is 12.7 Å². The van der Waals surface area contributed by atoms with Crippen LogP contribution in [-0.4, -0.2) is 22.5 Å². The van der Waals surface area contributed by atoms with Crippen molar-refractivity contribution in [2.45, 2.75) is 6.10 Å². The molecule has 0 saturated carbocycles. The third-order valence-corrected chi connectivity index (χ3v) is 2.85. The molecular formula is C14H11F2N3O2. The van der Waals surface area contributed by atoms with E-state index in [0.29, 0.717) is 0 Å². The molecule has 108 valence electrons. The third kappa shape index (κ3) is 3.24. The van der Waals surface area contributed by atoms with Crippen molar-refractivity contribution in [3.63, 3.8) is 0 Å². The molecule has 2 rings (SSSR count). The molecule has 1 heterocycles. The third-order valence-electron chi connectivity index (χ3n) is 2.85. The maximum absolute atomic E-state index is 13.4. The Balaban J connectivity index is 2.02. The Morgan fingerprint density at radius 2 is 2.10 bits per heavy atom. The maximum Gasteiger partial charge on any atom is 0.252 e.